The molecule has 1 nitrogen and oxygen atoms in total. The second-order valence-corrected chi connectivity index (χ2v) is 2.45. The van der Waals surface area contributed by atoms with Crippen molar-refractivity contribution < 1.29 is 8.78 Å². The van der Waals surface area contributed by atoms with E-state index < -0.39 is 11.9 Å². The Kier molecular flexibility index (Phi) is 1.81. The van der Waals surface area contributed by atoms with Crippen molar-refractivity contribution in [3.05, 3.63) is 24.0 Å². The molecule has 9 heavy (non-hydrogen) atoms. The van der Waals surface area contributed by atoms with Gasteiger partial charge in [-0.2, -0.15) is 0 Å². The van der Waals surface area contributed by atoms with Crippen molar-refractivity contribution in [1.29, 1.82) is 0 Å². The Hall–Kier alpha value is -0.432. The number of nitrogens with zero attached hydrogens (tertiary/aromatic N) is 1. The molecule has 0 amide bonds. The monoisotopic (exact) mass is 189 g/mol. The first kappa shape index (κ1) is 6.69. The molecule has 0 aliphatic rings. The third kappa shape index (κ3) is 1.49. The zero-order valence-corrected chi connectivity index (χ0v) is 6.18. The molecule has 0 atom stereocenters. The Morgan fingerprint density at radius 3 is 2.44 bits per heavy atom. The average molecular weight is 189 g/mol. The molecule has 2 radical (unpaired) electrons. The van der Waals surface area contributed by atoms with E-state index in [1.165, 1.54) is 6.07 Å². The summed E-state index contributed by atoms with van der Waals surface area (Å²) in [6.07, 6.45) is 0. The van der Waals surface area contributed by atoms with Gasteiger partial charge in [0.15, 0.2) is 0 Å². The SMILES string of the molecule is Fc1ccc([As])c(F)n1. The van der Waals surface area contributed by atoms with E-state index >= 15 is 0 Å². The molecule has 0 fully saturated rings. The second-order valence-electron chi connectivity index (χ2n) is 1.44. The van der Waals surface area contributed by atoms with Crippen molar-refractivity contribution in [2.45, 2.75) is 0 Å². The number of halogens is 2. The third-order valence-corrected chi connectivity index (χ3v) is 1.49. The van der Waals surface area contributed by atoms with E-state index in [-0.39, 0.29) is 0 Å². The van der Waals surface area contributed by atoms with E-state index in [9.17, 15) is 8.78 Å². The summed E-state index contributed by atoms with van der Waals surface area (Å²) in [5.74, 6) is -1.56. The predicted molar refractivity (Wildman–Crippen MR) is 29.5 cm³/mol. The molecule has 1 heterocycles. The molecule has 1 aromatic rings. The summed E-state index contributed by atoms with van der Waals surface area (Å²) < 4.78 is 24.5. The van der Waals surface area contributed by atoms with Gasteiger partial charge < -0.3 is 0 Å². The van der Waals surface area contributed by atoms with E-state index in [2.05, 4.69) is 4.98 Å². The number of rotatable bonds is 0. The third-order valence-electron chi connectivity index (χ3n) is 0.795. The Bertz CT molecular complexity index is 226. The van der Waals surface area contributed by atoms with Crippen LogP contribution in [0.15, 0.2) is 12.1 Å². The molecule has 0 saturated heterocycles. The molecule has 0 saturated carbocycles. The zero-order valence-electron chi connectivity index (χ0n) is 4.31. The van der Waals surface area contributed by atoms with Crippen LogP contribution in [0.1, 0.15) is 0 Å². The van der Waals surface area contributed by atoms with Gasteiger partial charge in [-0.05, 0) is 0 Å². The van der Waals surface area contributed by atoms with E-state index in [0.717, 1.165) is 6.07 Å². The number of aromatic nitrogens is 1. The molecule has 0 N–H and O–H groups in total. The van der Waals surface area contributed by atoms with Gasteiger partial charge in [-0.3, -0.25) is 0 Å². The number of pyridine rings is 1. The molecule has 1 rings (SSSR count). The van der Waals surface area contributed by atoms with E-state index in [0.29, 0.717) is 4.35 Å². The Morgan fingerprint density at radius 2 is 2.00 bits per heavy atom. The fourth-order valence-corrected chi connectivity index (χ4v) is 0.666. The Labute approximate surface area is 59.6 Å². The van der Waals surface area contributed by atoms with Crippen LogP contribution in [-0.4, -0.2) is 21.8 Å². The van der Waals surface area contributed by atoms with Gasteiger partial charge in [0.05, 0.1) is 0 Å². The van der Waals surface area contributed by atoms with Crippen molar-refractivity contribution in [1.82, 2.24) is 4.98 Å². The van der Waals surface area contributed by atoms with Gasteiger partial charge in [-0.25, -0.2) is 0 Å². The summed E-state index contributed by atoms with van der Waals surface area (Å²) in [7, 11) is 0. The molecule has 0 aliphatic carbocycles. The van der Waals surface area contributed by atoms with Crippen LogP contribution in [0.3, 0.4) is 0 Å². The van der Waals surface area contributed by atoms with Crippen LogP contribution in [-0.2, 0) is 0 Å². The van der Waals surface area contributed by atoms with Crippen LogP contribution in [0, 0.1) is 11.9 Å². The molecule has 1 aromatic heterocycles. The van der Waals surface area contributed by atoms with Crippen LogP contribution in [0.5, 0.6) is 0 Å². The second kappa shape index (κ2) is 2.44. The van der Waals surface area contributed by atoms with Crippen molar-refractivity contribution in [3.8, 4) is 0 Å². The van der Waals surface area contributed by atoms with Gasteiger partial charge in [-0.1, -0.05) is 0 Å². The fraction of sp³-hybridized carbons (Fsp3) is 0. The van der Waals surface area contributed by atoms with Gasteiger partial charge in [0.2, 0.25) is 0 Å². The maximum absolute atomic E-state index is 12.2. The minimum absolute atomic E-state index is 0.295. The van der Waals surface area contributed by atoms with Crippen LogP contribution in [0.4, 0.5) is 8.78 Å². The summed E-state index contributed by atoms with van der Waals surface area (Å²) in [5, 5.41) is 0. The van der Waals surface area contributed by atoms with Gasteiger partial charge in [0, 0.05) is 0 Å². The Morgan fingerprint density at radius 1 is 1.33 bits per heavy atom. The van der Waals surface area contributed by atoms with Crippen molar-refractivity contribution in [2.75, 3.05) is 0 Å². The van der Waals surface area contributed by atoms with Crippen molar-refractivity contribution in [3.63, 3.8) is 0 Å². The van der Waals surface area contributed by atoms with Gasteiger partial charge in [0.25, 0.3) is 0 Å². The molecular weight excluding hydrogens is 187 g/mol. The number of hydrogen-bond donors (Lipinski definition) is 0. The summed E-state index contributed by atoms with van der Waals surface area (Å²) in [6, 6.07) is 2.42. The molecule has 0 aliphatic heterocycles. The summed E-state index contributed by atoms with van der Waals surface area (Å²) in [6.45, 7) is 0. The summed E-state index contributed by atoms with van der Waals surface area (Å²) >= 11 is 1.96. The normalized spacial score (nSPS) is 9.67. The van der Waals surface area contributed by atoms with E-state index in [4.69, 9.17) is 0 Å². The first-order valence-corrected chi connectivity index (χ1v) is 3.15. The zero-order chi connectivity index (χ0) is 6.85. The van der Waals surface area contributed by atoms with Gasteiger partial charge >= 0.3 is 59.0 Å². The van der Waals surface area contributed by atoms with E-state index in [1.54, 1.807) is 0 Å². The predicted octanol–water partition coefficient (Wildman–Crippen LogP) is 0.154. The summed E-state index contributed by atoms with van der Waals surface area (Å²) in [4.78, 5) is 2.92. The van der Waals surface area contributed by atoms with Gasteiger partial charge in [-0.15, -0.1) is 0 Å². The first-order valence-electron chi connectivity index (χ1n) is 2.21. The maximum atomic E-state index is 12.2. The fourth-order valence-electron chi connectivity index (χ4n) is 0.405. The van der Waals surface area contributed by atoms with Crippen LogP contribution in [0.2, 0.25) is 0 Å². The topological polar surface area (TPSA) is 12.9 Å². The molecule has 4 heteroatoms. The molecule has 0 bridgehead atoms. The van der Waals surface area contributed by atoms with Crippen molar-refractivity contribution in [2.24, 2.45) is 0 Å². The minimum atomic E-state index is -0.790. The molecular formula is C5H2AsF2N. The molecule has 0 unspecified atom stereocenters. The molecule has 46 valence electrons. The van der Waals surface area contributed by atoms with E-state index in [1.807, 2.05) is 16.9 Å². The molecule has 0 aromatic carbocycles. The Balaban J connectivity index is 3.17. The molecule has 0 spiro atoms. The first-order chi connectivity index (χ1) is 4.20. The van der Waals surface area contributed by atoms with Gasteiger partial charge in [0.1, 0.15) is 0 Å². The average Bonchev–Trinajstić information content (AvgIpc) is 1.80. The van der Waals surface area contributed by atoms with Crippen LogP contribution < -0.4 is 4.35 Å². The standard InChI is InChI=1S/C5H2AsF2N/c6-3-1-2-4(7)9-5(3)8/h1-2H. The van der Waals surface area contributed by atoms with Crippen LogP contribution >= 0.6 is 0 Å². The number of hydrogen-bond acceptors (Lipinski definition) is 1. The van der Waals surface area contributed by atoms with Crippen molar-refractivity contribution >= 4 is 21.2 Å². The van der Waals surface area contributed by atoms with Crippen LogP contribution in [0.25, 0.3) is 0 Å². The quantitative estimate of drug-likeness (QED) is 0.418. The summed E-state index contributed by atoms with van der Waals surface area (Å²) in [5.41, 5.74) is 0.